The van der Waals surface area contributed by atoms with E-state index in [0.717, 1.165) is 0 Å². The molecule has 0 atom stereocenters. The summed E-state index contributed by atoms with van der Waals surface area (Å²) < 4.78 is 5.57. The summed E-state index contributed by atoms with van der Waals surface area (Å²) in [6.07, 6.45) is 2.86. The van der Waals surface area contributed by atoms with Gasteiger partial charge in [0.1, 0.15) is 12.4 Å². The third-order valence-corrected chi connectivity index (χ3v) is 4.47. The zero-order chi connectivity index (χ0) is 19.9. The van der Waals surface area contributed by atoms with Crippen LogP contribution in [0.1, 0.15) is 10.6 Å². The summed E-state index contributed by atoms with van der Waals surface area (Å²) >= 11 is 7.01. The second-order valence-corrected chi connectivity index (χ2v) is 6.91. The highest BCUT2D eigenvalue weighted by Crippen LogP contribution is 2.20. The third-order valence-electron chi connectivity index (χ3n) is 3.40. The molecule has 0 aliphatic carbocycles. The van der Waals surface area contributed by atoms with E-state index in [1.807, 2.05) is 0 Å². The molecule has 1 amide bonds. The average Bonchev–Trinajstić information content (AvgIpc) is 3.13. The maximum atomic E-state index is 12.0. The lowest BCUT2D eigenvalue weighted by atomic mass is 10.2. The van der Waals surface area contributed by atoms with Crippen molar-refractivity contribution < 1.29 is 14.5 Å². The van der Waals surface area contributed by atoms with Crippen molar-refractivity contribution in [3.63, 3.8) is 0 Å². The van der Waals surface area contributed by atoms with Crippen molar-refractivity contribution in [2.45, 2.75) is 6.61 Å². The van der Waals surface area contributed by atoms with E-state index in [1.54, 1.807) is 42.5 Å². The van der Waals surface area contributed by atoms with Crippen molar-refractivity contribution in [2.24, 2.45) is 0 Å². The van der Waals surface area contributed by atoms with Crippen LogP contribution in [0.3, 0.4) is 0 Å². The molecule has 1 N–H and O–H groups in total. The van der Waals surface area contributed by atoms with Gasteiger partial charge < -0.3 is 4.74 Å². The van der Waals surface area contributed by atoms with Crippen LogP contribution in [0.25, 0.3) is 6.08 Å². The number of hydrogen-bond acceptors (Lipinski definition) is 7. The largest absolute Gasteiger partial charge is 0.486 e. The van der Waals surface area contributed by atoms with Crippen molar-refractivity contribution >= 4 is 45.7 Å². The molecule has 2 aromatic carbocycles. The summed E-state index contributed by atoms with van der Waals surface area (Å²) in [5, 5.41) is 22.6. The fourth-order valence-electron chi connectivity index (χ4n) is 2.06. The topological polar surface area (TPSA) is 107 Å². The first-order valence-electron chi connectivity index (χ1n) is 7.94. The molecule has 142 valence electrons. The molecular weight excluding hydrogens is 404 g/mol. The molecule has 0 radical (unpaired) electrons. The molecule has 0 fully saturated rings. The lowest BCUT2D eigenvalue weighted by Gasteiger charge is -2.02. The number of nitrogens with one attached hydrogen (secondary N) is 1. The van der Waals surface area contributed by atoms with Gasteiger partial charge in [-0.1, -0.05) is 22.9 Å². The molecule has 28 heavy (non-hydrogen) atoms. The number of hydrogen-bond donors (Lipinski definition) is 1. The number of aromatic nitrogens is 2. The van der Waals surface area contributed by atoms with E-state index >= 15 is 0 Å². The number of carbonyl (C=O) groups excluding carboxylic acids is 1. The molecule has 3 rings (SSSR count). The Labute approximate surface area is 168 Å². The van der Waals surface area contributed by atoms with Gasteiger partial charge in [0.25, 0.3) is 5.69 Å². The van der Waals surface area contributed by atoms with E-state index in [4.69, 9.17) is 16.3 Å². The van der Waals surface area contributed by atoms with Crippen LogP contribution in [0.15, 0.2) is 54.6 Å². The molecule has 0 unspecified atom stereocenters. The quantitative estimate of drug-likeness (QED) is 0.349. The zero-order valence-electron chi connectivity index (χ0n) is 14.2. The van der Waals surface area contributed by atoms with Crippen LogP contribution in [0, 0.1) is 10.1 Å². The Balaban J connectivity index is 1.51. The van der Waals surface area contributed by atoms with Crippen LogP contribution in [-0.4, -0.2) is 21.0 Å². The van der Waals surface area contributed by atoms with Crippen LogP contribution in [0.5, 0.6) is 5.75 Å². The minimum absolute atomic E-state index is 0.0104. The molecular formula is C18H13ClN4O4S. The highest BCUT2D eigenvalue weighted by atomic mass is 35.5. The first-order valence-corrected chi connectivity index (χ1v) is 9.13. The van der Waals surface area contributed by atoms with Gasteiger partial charge in [-0.3, -0.25) is 20.2 Å². The second kappa shape index (κ2) is 9.07. The van der Waals surface area contributed by atoms with E-state index in [9.17, 15) is 14.9 Å². The van der Waals surface area contributed by atoms with Gasteiger partial charge in [0, 0.05) is 23.2 Å². The average molecular weight is 417 g/mol. The molecule has 0 saturated carbocycles. The van der Waals surface area contributed by atoms with Crippen molar-refractivity contribution in [3.05, 3.63) is 80.3 Å². The van der Waals surface area contributed by atoms with Crippen molar-refractivity contribution in [3.8, 4) is 5.75 Å². The molecule has 1 heterocycles. The summed E-state index contributed by atoms with van der Waals surface area (Å²) in [6.45, 7) is 0.216. The molecule has 0 spiro atoms. The first-order chi connectivity index (χ1) is 13.5. The molecule has 0 saturated heterocycles. The number of rotatable bonds is 7. The number of non-ortho nitro benzene ring substituents is 1. The number of amides is 1. The Kier molecular flexibility index (Phi) is 6.30. The molecule has 8 nitrogen and oxygen atoms in total. The van der Waals surface area contributed by atoms with Crippen molar-refractivity contribution in [2.75, 3.05) is 5.32 Å². The normalized spacial score (nSPS) is 10.8. The smallest absolute Gasteiger partial charge is 0.269 e. The van der Waals surface area contributed by atoms with E-state index < -0.39 is 4.92 Å². The van der Waals surface area contributed by atoms with Gasteiger partial charge in [-0.05, 0) is 48.0 Å². The van der Waals surface area contributed by atoms with Gasteiger partial charge in [0.2, 0.25) is 11.0 Å². The zero-order valence-corrected chi connectivity index (χ0v) is 15.8. The van der Waals surface area contributed by atoms with Crippen LogP contribution >= 0.6 is 22.9 Å². The van der Waals surface area contributed by atoms with E-state index in [2.05, 4.69) is 15.5 Å². The summed E-state index contributed by atoms with van der Waals surface area (Å²) in [5.41, 5.74) is 0.652. The van der Waals surface area contributed by atoms with Crippen LogP contribution in [0.2, 0.25) is 5.02 Å². The number of halogens is 1. The maximum absolute atomic E-state index is 12.0. The highest BCUT2D eigenvalue weighted by molar-refractivity contribution is 7.15. The highest BCUT2D eigenvalue weighted by Gasteiger charge is 2.08. The van der Waals surface area contributed by atoms with Gasteiger partial charge in [-0.15, -0.1) is 10.2 Å². The molecule has 10 heteroatoms. The third kappa shape index (κ3) is 5.60. The Bertz CT molecular complexity index is 1000. The van der Waals surface area contributed by atoms with Crippen molar-refractivity contribution in [1.29, 1.82) is 0 Å². The predicted molar refractivity (Wildman–Crippen MR) is 106 cm³/mol. The van der Waals surface area contributed by atoms with E-state index in [1.165, 1.54) is 29.5 Å². The molecule has 0 aliphatic heterocycles. The number of benzene rings is 2. The van der Waals surface area contributed by atoms with Crippen LogP contribution in [-0.2, 0) is 11.4 Å². The Morgan fingerprint density at radius 3 is 2.57 bits per heavy atom. The molecule has 3 aromatic rings. The number of ether oxygens (including phenoxy) is 1. The summed E-state index contributed by atoms with van der Waals surface area (Å²) in [7, 11) is 0. The van der Waals surface area contributed by atoms with Crippen molar-refractivity contribution in [1.82, 2.24) is 10.2 Å². The summed E-state index contributed by atoms with van der Waals surface area (Å²) in [4.78, 5) is 22.1. The molecule has 0 bridgehead atoms. The second-order valence-electron chi connectivity index (χ2n) is 5.41. The van der Waals surface area contributed by atoms with Crippen LogP contribution in [0.4, 0.5) is 10.8 Å². The van der Waals surface area contributed by atoms with E-state index in [-0.39, 0.29) is 18.2 Å². The summed E-state index contributed by atoms with van der Waals surface area (Å²) in [6, 6.07) is 12.8. The SMILES string of the molecule is O=C(/C=C/c1ccc([N+](=O)[O-])cc1)Nc1nnc(COc2ccc(Cl)cc2)s1. The van der Waals surface area contributed by atoms with Crippen LogP contribution < -0.4 is 10.1 Å². The van der Waals surface area contributed by atoms with E-state index in [0.29, 0.717) is 26.5 Å². The number of anilines is 1. The standard InChI is InChI=1S/C18H13ClN4O4S/c19-13-4-8-15(9-5-13)27-11-17-21-22-18(28-17)20-16(24)10-3-12-1-6-14(7-2-12)23(25)26/h1-10H,11H2,(H,20,22,24)/b10-3+. The number of carbonyl (C=O) groups is 1. The monoisotopic (exact) mass is 416 g/mol. The lowest BCUT2D eigenvalue weighted by molar-refractivity contribution is -0.384. The van der Waals surface area contributed by atoms with Gasteiger partial charge in [-0.2, -0.15) is 0 Å². The molecule has 0 aliphatic rings. The maximum Gasteiger partial charge on any atom is 0.269 e. The fourth-order valence-corrected chi connectivity index (χ4v) is 2.85. The minimum Gasteiger partial charge on any atom is -0.486 e. The number of nitro groups is 1. The summed E-state index contributed by atoms with van der Waals surface area (Å²) in [5.74, 6) is 0.260. The Hall–Kier alpha value is -3.30. The van der Waals surface area contributed by atoms with Gasteiger partial charge >= 0.3 is 0 Å². The lowest BCUT2D eigenvalue weighted by Crippen LogP contribution is -2.07. The van der Waals surface area contributed by atoms with Gasteiger partial charge in [-0.25, -0.2) is 0 Å². The van der Waals surface area contributed by atoms with Gasteiger partial charge in [0.05, 0.1) is 4.92 Å². The molecule has 1 aromatic heterocycles. The number of nitrogens with zero attached hydrogens (tertiary/aromatic N) is 3. The number of nitro benzene ring substituents is 1. The van der Waals surface area contributed by atoms with Gasteiger partial charge in [0.15, 0.2) is 5.01 Å². The predicted octanol–water partition coefficient (Wildman–Crippen LogP) is 4.33. The minimum atomic E-state index is -0.482. The Morgan fingerprint density at radius 2 is 1.89 bits per heavy atom. The first kappa shape index (κ1) is 19.5. The fraction of sp³-hybridized carbons (Fsp3) is 0.0556. The Morgan fingerprint density at radius 1 is 1.18 bits per heavy atom.